The topological polar surface area (TPSA) is 12.0 Å². The van der Waals surface area contributed by atoms with Gasteiger partial charge < -0.3 is 5.32 Å². The maximum Gasteiger partial charge on any atom is 0.125 e. The van der Waals surface area contributed by atoms with Crippen molar-refractivity contribution in [3.8, 4) is 0 Å². The van der Waals surface area contributed by atoms with Crippen molar-refractivity contribution in [2.75, 3.05) is 5.32 Å². The molecule has 0 heterocycles. The Balaban J connectivity index is 1.57. The fourth-order valence-corrected chi connectivity index (χ4v) is 3.81. The molecule has 1 nitrogen and oxygen atoms in total. The maximum absolute atomic E-state index is 13.1. The standard InChI is InChI=1S/C16H22FN/c17-13-4-3-5-15(12-13)18-14-6-10-16(11-7-14)8-1-2-9-16/h3-5,12,14,18H,1-2,6-11H2. The van der Waals surface area contributed by atoms with E-state index >= 15 is 0 Å². The van der Waals surface area contributed by atoms with E-state index in [2.05, 4.69) is 5.32 Å². The average molecular weight is 247 g/mol. The summed E-state index contributed by atoms with van der Waals surface area (Å²) in [5.41, 5.74) is 1.61. The van der Waals surface area contributed by atoms with Crippen LogP contribution in [0.15, 0.2) is 24.3 Å². The van der Waals surface area contributed by atoms with Gasteiger partial charge in [0.25, 0.3) is 0 Å². The molecule has 18 heavy (non-hydrogen) atoms. The molecule has 0 atom stereocenters. The zero-order chi connectivity index (χ0) is 12.4. The van der Waals surface area contributed by atoms with Crippen molar-refractivity contribution in [1.82, 2.24) is 0 Å². The number of hydrogen-bond donors (Lipinski definition) is 1. The normalized spacial score (nSPS) is 23.4. The number of anilines is 1. The highest BCUT2D eigenvalue weighted by Crippen LogP contribution is 2.49. The van der Waals surface area contributed by atoms with Crippen molar-refractivity contribution in [2.24, 2.45) is 5.41 Å². The Bertz CT molecular complexity index is 399. The van der Waals surface area contributed by atoms with Crippen LogP contribution in [0.2, 0.25) is 0 Å². The molecule has 0 amide bonds. The highest BCUT2D eigenvalue weighted by atomic mass is 19.1. The van der Waals surface area contributed by atoms with Gasteiger partial charge in [0.05, 0.1) is 0 Å². The van der Waals surface area contributed by atoms with E-state index in [4.69, 9.17) is 0 Å². The molecule has 1 aromatic carbocycles. The molecule has 0 unspecified atom stereocenters. The molecule has 2 heteroatoms. The first kappa shape index (κ1) is 12.0. The van der Waals surface area contributed by atoms with E-state index in [-0.39, 0.29) is 5.82 Å². The van der Waals surface area contributed by atoms with Crippen LogP contribution in [0.4, 0.5) is 10.1 Å². The van der Waals surface area contributed by atoms with E-state index in [1.54, 1.807) is 12.1 Å². The summed E-state index contributed by atoms with van der Waals surface area (Å²) in [6.07, 6.45) is 11.0. The minimum atomic E-state index is -0.150. The molecule has 1 N–H and O–H groups in total. The lowest BCUT2D eigenvalue weighted by Gasteiger charge is -2.37. The van der Waals surface area contributed by atoms with E-state index in [0.717, 1.165) is 5.69 Å². The van der Waals surface area contributed by atoms with Crippen LogP contribution in [0.5, 0.6) is 0 Å². The van der Waals surface area contributed by atoms with Gasteiger partial charge in [0.2, 0.25) is 0 Å². The van der Waals surface area contributed by atoms with Gasteiger partial charge in [-0.05, 0) is 62.1 Å². The predicted octanol–water partition coefficient (Wildman–Crippen LogP) is 4.74. The molecular weight excluding hydrogens is 225 g/mol. The van der Waals surface area contributed by atoms with Gasteiger partial charge in [0.15, 0.2) is 0 Å². The van der Waals surface area contributed by atoms with Crippen molar-refractivity contribution in [3.63, 3.8) is 0 Å². The van der Waals surface area contributed by atoms with Crippen LogP contribution in [-0.2, 0) is 0 Å². The molecule has 0 saturated heterocycles. The molecule has 2 aliphatic carbocycles. The largest absolute Gasteiger partial charge is 0.382 e. The summed E-state index contributed by atoms with van der Waals surface area (Å²) in [5.74, 6) is -0.150. The first-order valence-electron chi connectivity index (χ1n) is 7.28. The first-order valence-corrected chi connectivity index (χ1v) is 7.28. The van der Waals surface area contributed by atoms with Crippen LogP contribution in [0.1, 0.15) is 51.4 Å². The van der Waals surface area contributed by atoms with Gasteiger partial charge in [-0.1, -0.05) is 18.9 Å². The minimum absolute atomic E-state index is 0.150. The van der Waals surface area contributed by atoms with E-state index in [1.165, 1.54) is 57.4 Å². The van der Waals surface area contributed by atoms with Crippen LogP contribution in [-0.4, -0.2) is 6.04 Å². The molecule has 3 rings (SSSR count). The van der Waals surface area contributed by atoms with Gasteiger partial charge in [0, 0.05) is 11.7 Å². The van der Waals surface area contributed by atoms with E-state index in [0.29, 0.717) is 11.5 Å². The Morgan fingerprint density at radius 3 is 2.44 bits per heavy atom. The van der Waals surface area contributed by atoms with E-state index in [9.17, 15) is 4.39 Å². The van der Waals surface area contributed by atoms with Crippen molar-refractivity contribution < 1.29 is 4.39 Å². The number of halogens is 1. The second-order valence-corrected chi connectivity index (χ2v) is 6.14. The summed E-state index contributed by atoms with van der Waals surface area (Å²) >= 11 is 0. The van der Waals surface area contributed by atoms with Crippen molar-refractivity contribution in [3.05, 3.63) is 30.1 Å². The van der Waals surface area contributed by atoms with Gasteiger partial charge in [-0.2, -0.15) is 0 Å². The third-order valence-corrected chi connectivity index (χ3v) is 4.91. The first-order chi connectivity index (χ1) is 8.76. The lowest BCUT2D eigenvalue weighted by atomic mass is 9.71. The van der Waals surface area contributed by atoms with Crippen molar-refractivity contribution >= 4 is 5.69 Å². The molecule has 2 aliphatic rings. The second kappa shape index (κ2) is 4.91. The fourth-order valence-electron chi connectivity index (χ4n) is 3.81. The molecule has 0 aromatic heterocycles. The maximum atomic E-state index is 13.1. The Labute approximate surface area is 109 Å². The third-order valence-electron chi connectivity index (χ3n) is 4.91. The molecule has 0 aliphatic heterocycles. The minimum Gasteiger partial charge on any atom is -0.382 e. The van der Waals surface area contributed by atoms with Crippen LogP contribution < -0.4 is 5.32 Å². The van der Waals surface area contributed by atoms with Gasteiger partial charge >= 0.3 is 0 Å². The van der Waals surface area contributed by atoms with Crippen LogP contribution in [0.3, 0.4) is 0 Å². The number of benzene rings is 1. The molecule has 0 radical (unpaired) electrons. The van der Waals surface area contributed by atoms with Crippen molar-refractivity contribution in [2.45, 2.75) is 57.4 Å². The highest BCUT2D eigenvalue weighted by molar-refractivity contribution is 5.44. The molecule has 1 aromatic rings. The van der Waals surface area contributed by atoms with Gasteiger partial charge in [-0.25, -0.2) is 4.39 Å². The summed E-state index contributed by atoms with van der Waals surface area (Å²) < 4.78 is 13.1. The summed E-state index contributed by atoms with van der Waals surface area (Å²) in [4.78, 5) is 0. The Kier molecular flexibility index (Phi) is 3.27. The molecule has 98 valence electrons. The lowest BCUT2D eigenvalue weighted by molar-refractivity contribution is 0.188. The summed E-state index contributed by atoms with van der Waals surface area (Å²) in [7, 11) is 0. The Hall–Kier alpha value is -1.05. The summed E-state index contributed by atoms with van der Waals surface area (Å²) in [6.45, 7) is 0. The quantitative estimate of drug-likeness (QED) is 0.796. The van der Waals surface area contributed by atoms with Crippen molar-refractivity contribution in [1.29, 1.82) is 0 Å². The van der Waals surface area contributed by atoms with E-state index in [1.807, 2.05) is 6.07 Å². The van der Waals surface area contributed by atoms with Gasteiger partial charge in [-0.3, -0.25) is 0 Å². The average Bonchev–Trinajstić information content (AvgIpc) is 2.81. The van der Waals surface area contributed by atoms with Gasteiger partial charge in [-0.15, -0.1) is 0 Å². The third kappa shape index (κ3) is 2.52. The molecule has 1 spiro atoms. The number of nitrogens with one attached hydrogen (secondary N) is 1. The van der Waals surface area contributed by atoms with Crippen LogP contribution in [0, 0.1) is 11.2 Å². The van der Waals surface area contributed by atoms with Crippen LogP contribution >= 0.6 is 0 Å². The monoisotopic (exact) mass is 247 g/mol. The molecule has 0 bridgehead atoms. The summed E-state index contributed by atoms with van der Waals surface area (Å²) in [6, 6.07) is 7.37. The smallest absolute Gasteiger partial charge is 0.125 e. The number of rotatable bonds is 2. The second-order valence-electron chi connectivity index (χ2n) is 6.14. The van der Waals surface area contributed by atoms with E-state index < -0.39 is 0 Å². The number of hydrogen-bond acceptors (Lipinski definition) is 1. The Morgan fingerprint density at radius 2 is 1.78 bits per heavy atom. The summed E-state index contributed by atoms with van der Waals surface area (Å²) in [5, 5.41) is 3.49. The lowest BCUT2D eigenvalue weighted by Crippen LogP contribution is -2.31. The molecule has 2 saturated carbocycles. The molecular formula is C16H22FN. The van der Waals surface area contributed by atoms with Gasteiger partial charge in [0.1, 0.15) is 5.82 Å². The zero-order valence-corrected chi connectivity index (χ0v) is 10.9. The highest BCUT2D eigenvalue weighted by Gasteiger charge is 2.37. The SMILES string of the molecule is Fc1cccc(NC2CCC3(CCCC3)CC2)c1. The zero-order valence-electron chi connectivity index (χ0n) is 10.9. The van der Waals surface area contributed by atoms with Crippen LogP contribution in [0.25, 0.3) is 0 Å². The fraction of sp³-hybridized carbons (Fsp3) is 0.625. The predicted molar refractivity (Wildman–Crippen MR) is 73.2 cm³/mol. The Morgan fingerprint density at radius 1 is 1.06 bits per heavy atom. The molecule has 2 fully saturated rings.